The van der Waals surface area contributed by atoms with Crippen molar-refractivity contribution >= 4 is 18.2 Å². The minimum atomic E-state index is -0.338. The summed E-state index contributed by atoms with van der Waals surface area (Å²) in [6.07, 6.45) is 4.73. The molecule has 0 radical (unpaired) electrons. The van der Waals surface area contributed by atoms with Gasteiger partial charge in [-0.1, -0.05) is 12.1 Å². The van der Waals surface area contributed by atoms with Gasteiger partial charge >= 0.3 is 0 Å². The molecular weight excluding hydrogens is 396 g/mol. The summed E-state index contributed by atoms with van der Waals surface area (Å²) in [6, 6.07) is 12.5. The summed E-state index contributed by atoms with van der Waals surface area (Å²) in [7, 11) is 0. The van der Waals surface area contributed by atoms with Crippen LogP contribution in [0.15, 0.2) is 48.5 Å². The van der Waals surface area contributed by atoms with Crippen molar-refractivity contribution in [2.45, 2.75) is 50.0 Å². The van der Waals surface area contributed by atoms with E-state index in [0.717, 1.165) is 44.2 Å². The number of Topliss-reactive ketones (excluding diaryl/α,β-unsaturated/α-hetero) is 1. The maximum atomic E-state index is 13.2. The lowest BCUT2D eigenvalue weighted by molar-refractivity contribution is 0.0978. The van der Waals surface area contributed by atoms with Crippen molar-refractivity contribution in [2.75, 3.05) is 13.2 Å². The Kier molecular flexibility index (Phi) is 8.75. The topological polar surface area (TPSA) is 49.3 Å². The zero-order chi connectivity index (χ0) is 20.0. The molecule has 1 aliphatic rings. The summed E-state index contributed by atoms with van der Waals surface area (Å²) in [5.74, 6) is -0.571. The van der Waals surface area contributed by atoms with E-state index in [1.807, 2.05) is 0 Å². The number of aliphatic hydroxyl groups is 1. The number of carbonyl (C=O) groups excluding carboxylic acids is 1. The zero-order valence-corrected chi connectivity index (χ0v) is 17.2. The van der Waals surface area contributed by atoms with Crippen LogP contribution < -0.4 is 5.32 Å². The van der Waals surface area contributed by atoms with Crippen molar-refractivity contribution in [3.8, 4) is 0 Å². The van der Waals surface area contributed by atoms with Crippen molar-refractivity contribution in [1.29, 1.82) is 0 Å². The summed E-state index contributed by atoms with van der Waals surface area (Å²) < 4.78 is 26.1. The van der Waals surface area contributed by atoms with E-state index in [-0.39, 0.29) is 41.8 Å². The third kappa shape index (κ3) is 6.08. The molecule has 0 heterocycles. The minimum absolute atomic E-state index is 0. The first-order valence-electron chi connectivity index (χ1n) is 9.91. The van der Waals surface area contributed by atoms with Crippen LogP contribution in [-0.2, 0) is 5.41 Å². The van der Waals surface area contributed by atoms with Gasteiger partial charge in [-0.3, -0.25) is 4.79 Å². The summed E-state index contributed by atoms with van der Waals surface area (Å²) in [5.41, 5.74) is 1.26. The molecule has 0 spiro atoms. The van der Waals surface area contributed by atoms with Crippen LogP contribution in [0.25, 0.3) is 0 Å². The molecular formula is C23H28ClF2NO2. The first-order valence-corrected chi connectivity index (χ1v) is 9.91. The molecule has 0 saturated heterocycles. The smallest absolute Gasteiger partial charge is 0.162 e. The van der Waals surface area contributed by atoms with Gasteiger partial charge in [0.1, 0.15) is 11.6 Å². The molecule has 2 N–H and O–H groups in total. The van der Waals surface area contributed by atoms with E-state index < -0.39 is 0 Å². The van der Waals surface area contributed by atoms with E-state index >= 15 is 0 Å². The van der Waals surface area contributed by atoms with Crippen LogP contribution in [0.1, 0.15) is 54.4 Å². The fourth-order valence-corrected chi connectivity index (χ4v) is 4.05. The predicted octanol–water partition coefficient (Wildman–Crippen LogP) is 4.81. The number of ketones is 1. The van der Waals surface area contributed by atoms with E-state index in [1.165, 1.54) is 36.4 Å². The number of hydrogen-bond donors (Lipinski definition) is 2. The maximum absolute atomic E-state index is 13.2. The molecule has 1 saturated carbocycles. The molecule has 158 valence electrons. The van der Waals surface area contributed by atoms with Crippen LogP contribution in [0, 0.1) is 11.6 Å². The second-order valence-electron chi connectivity index (χ2n) is 7.71. The average molecular weight is 424 g/mol. The summed E-state index contributed by atoms with van der Waals surface area (Å²) in [6.45, 7) is 0.817. The molecule has 29 heavy (non-hydrogen) atoms. The van der Waals surface area contributed by atoms with Crippen molar-refractivity contribution in [2.24, 2.45) is 0 Å². The molecule has 2 aromatic carbocycles. The van der Waals surface area contributed by atoms with E-state index in [0.29, 0.717) is 18.0 Å². The second kappa shape index (κ2) is 10.8. The number of aliphatic hydroxyl groups excluding tert-OH is 1. The minimum Gasteiger partial charge on any atom is -0.395 e. The summed E-state index contributed by atoms with van der Waals surface area (Å²) in [5, 5.41) is 13.5. The Balaban J connectivity index is 0.00000300. The van der Waals surface area contributed by atoms with Crippen LogP contribution in [0.5, 0.6) is 0 Å². The third-order valence-corrected chi connectivity index (χ3v) is 5.88. The fourth-order valence-electron chi connectivity index (χ4n) is 4.05. The molecule has 6 heteroatoms. The number of benzene rings is 2. The Bertz CT molecular complexity index is 772. The SMILES string of the molecule is Cl.O=C(CCCNC1CCC(CO)(c2ccc(F)cc2)CC1)c1ccc(F)cc1. The Morgan fingerprint density at radius 1 is 1.00 bits per heavy atom. The number of nitrogens with one attached hydrogen (secondary N) is 1. The van der Waals surface area contributed by atoms with Gasteiger partial charge in [0.25, 0.3) is 0 Å². The molecule has 3 rings (SSSR count). The normalized spacial score (nSPS) is 21.4. The molecule has 3 nitrogen and oxygen atoms in total. The Morgan fingerprint density at radius 3 is 2.10 bits per heavy atom. The highest BCUT2D eigenvalue weighted by atomic mass is 35.5. The highest BCUT2D eigenvalue weighted by molar-refractivity contribution is 5.95. The summed E-state index contributed by atoms with van der Waals surface area (Å²) in [4.78, 5) is 12.1. The van der Waals surface area contributed by atoms with Crippen LogP contribution in [0.3, 0.4) is 0 Å². The summed E-state index contributed by atoms with van der Waals surface area (Å²) >= 11 is 0. The molecule has 0 bridgehead atoms. The van der Waals surface area contributed by atoms with Gasteiger partial charge in [0.2, 0.25) is 0 Å². The van der Waals surface area contributed by atoms with E-state index in [2.05, 4.69) is 5.32 Å². The number of rotatable bonds is 8. The average Bonchev–Trinajstić information content (AvgIpc) is 2.72. The van der Waals surface area contributed by atoms with Crippen LogP contribution >= 0.6 is 12.4 Å². The van der Waals surface area contributed by atoms with Crippen LogP contribution in [0.2, 0.25) is 0 Å². The number of hydrogen-bond acceptors (Lipinski definition) is 3. The van der Waals surface area contributed by atoms with Crippen molar-refractivity contribution in [1.82, 2.24) is 5.32 Å². The lowest BCUT2D eigenvalue weighted by atomic mass is 9.68. The lowest BCUT2D eigenvalue weighted by Crippen LogP contribution is -2.42. The van der Waals surface area contributed by atoms with Gasteiger partial charge in [0.15, 0.2) is 5.78 Å². The lowest BCUT2D eigenvalue weighted by Gasteiger charge is -2.39. The van der Waals surface area contributed by atoms with Crippen LogP contribution in [-0.4, -0.2) is 30.1 Å². The largest absolute Gasteiger partial charge is 0.395 e. The Labute approximate surface area is 176 Å². The standard InChI is InChI=1S/C23H27F2NO2.ClH/c24-19-7-3-17(4-8-19)22(28)2-1-15-26-21-11-13-23(16-27,14-12-21)18-5-9-20(25)10-6-18;/h3-10,21,26-27H,1-2,11-16H2;1H. The Morgan fingerprint density at radius 2 is 1.55 bits per heavy atom. The highest BCUT2D eigenvalue weighted by Gasteiger charge is 2.36. The maximum Gasteiger partial charge on any atom is 0.162 e. The fraction of sp³-hybridized carbons (Fsp3) is 0.435. The molecule has 1 fully saturated rings. The number of halogens is 3. The van der Waals surface area contributed by atoms with E-state index in [1.54, 1.807) is 12.1 Å². The molecule has 2 aromatic rings. The first kappa shape index (κ1) is 23.5. The van der Waals surface area contributed by atoms with Crippen LogP contribution in [0.4, 0.5) is 8.78 Å². The monoisotopic (exact) mass is 423 g/mol. The van der Waals surface area contributed by atoms with Crippen molar-refractivity contribution in [3.05, 3.63) is 71.3 Å². The predicted molar refractivity (Wildman–Crippen MR) is 113 cm³/mol. The molecule has 1 aliphatic carbocycles. The van der Waals surface area contributed by atoms with Crippen molar-refractivity contribution < 1.29 is 18.7 Å². The zero-order valence-electron chi connectivity index (χ0n) is 16.4. The quantitative estimate of drug-likeness (QED) is 0.473. The van der Waals surface area contributed by atoms with Gasteiger partial charge in [-0.25, -0.2) is 8.78 Å². The van der Waals surface area contributed by atoms with Gasteiger partial charge < -0.3 is 10.4 Å². The molecule has 0 amide bonds. The number of carbonyl (C=O) groups is 1. The molecule has 0 aromatic heterocycles. The molecule has 0 atom stereocenters. The third-order valence-electron chi connectivity index (χ3n) is 5.88. The van der Waals surface area contributed by atoms with Gasteiger partial charge in [0, 0.05) is 23.4 Å². The van der Waals surface area contributed by atoms with Crippen molar-refractivity contribution in [3.63, 3.8) is 0 Å². The van der Waals surface area contributed by atoms with Gasteiger partial charge in [-0.15, -0.1) is 12.4 Å². The van der Waals surface area contributed by atoms with E-state index in [4.69, 9.17) is 0 Å². The van der Waals surface area contributed by atoms with Gasteiger partial charge in [-0.05, 0) is 80.6 Å². The highest BCUT2D eigenvalue weighted by Crippen LogP contribution is 2.39. The first-order chi connectivity index (χ1) is 13.5. The second-order valence-corrected chi connectivity index (χ2v) is 7.71. The Hall–Kier alpha value is -1.82. The molecule has 0 aliphatic heterocycles. The van der Waals surface area contributed by atoms with Gasteiger partial charge in [0.05, 0.1) is 6.61 Å². The van der Waals surface area contributed by atoms with Gasteiger partial charge in [-0.2, -0.15) is 0 Å². The molecule has 0 unspecified atom stereocenters. The van der Waals surface area contributed by atoms with E-state index in [9.17, 15) is 18.7 Å².